The molecule has 1 aliphatic carbocycles. The fourth-order valence-corrected chi connectivity index (χ4v) is 5.92. The van der Waals surface area contributed by atoms with Crippen LogP contribution in [0, 0.1) is 0 Å². The van der Waals surface area contributed by atoms with Crippen LogP contribution in [0.15, 0.2) is 81.6 Å². The van der Waals surface area contributed by atoms with E-state index >= 15 is 0 Å². The summed E-state index contributed by atoms with van der Waals surface area (Å²) in [4.78, 5) is 0.684. The highest BCUT2D eigenvalue weighted by atomic mass is 32.2. The maximum atomic E-state index is 14.0. The van der Waals surface area contributed by atoms with Crippen LogP contribution in [-0.2, 0) is 9.73 Å². The van der Waals surface area contributed by atoms with Gasteiger partial charge in [0.2, 0.25) is 0 Å². The summed E-state index contributed by atoms with van der Waals surface area (Å²) in [5, 5.41) is 10.7. The van der Waals surface area contributed by atoms with E-state index in [1.165, 1.54) is 0 Å². The van der Waals surface area contributed by atoms with Crippen LogP contribution in [0.25, 0.3) is 0 Å². The number of hydrogen-bond acceptors (Lipinski definition) is 3. The van der Waals surface area contributed by atoms with Crippen molar-refractivity contribution < 1.29 is 9.32 Å². The Kier molecular flexibility index (Phi) is 5.71. The Balaban J connectivity index is 2.14. The molecule has 0 spiro atoms. The molecule has 0 aliphatic heterocycles. The Bertz CT molecular complexity index is 837. The largest absolute Gasteiger partial charge is 0.387 e. The predicted octanol–water partition coefficient (Wildman–Crippen LogP) is 4.75. The van der Waals surface area contributed by atoms with Crippen molar-refractivity contribution in [1.82, 2.24) is 0 Å². The topological polar surface area (TPSA) is 49.7 Å². The highest BCUT2D eigenvalue weighted by molar-refractivity contribution is 7.94. The fraction of sp³-hybridized carbons (Fsp3) is 0.333. The summed E-state index contributed by atoms with van der Waals surface area (Å²) in [6, 6.07) is 18.9. The molecular weight excluding hydrogens is 330 g/mol. The first-order chi connectivity index (χ1) is 12.2. The lowest BCUT2D eigenvalue weighted by atomic mass is 9.92. The highest BCUT2D eigenvalue weighted by Crippen LogP contribution is 2.37. The van der Waals surface area contributed by atoms with Crippen LogP contribution >= 0.6 is 0 Å². The molecule has 0 fully saturated rings. The molecule has 0 saturated heterocycles. The van der Waals surface area contributed by atoms with Crippen LogP contribution in [0.1, 0.15) is 37.4 Å². The van der Waals surface area contributed by atoms with Gasteiger partial charge >= 0.3 is 0 Å². The first-order valence-electron chi connectivity index (χ1n) is 8.78. The molecule has 0 radical (unpaired) electrons. The Hall–Kier alpha value is -1.91. The van der Waals surface area contributed by atoms with Crippen LogP contribution in [-0.4, -0.2) is 21.6 Å². The van der Waals surface area contributed by atoms with Gasteiger partial charge < -0.3 is 5.11 Å². The number of rotatable bonds is 5. The first-order valence-corrected chi connectivity index (χ1v) is 10.4. The van der Waals surface area contributed by atoms with E-state index in [1.54, 1.807) is 7.05 Å². The Morgan fingerprint density at radius 3 is 2.20 bits per heavy atom. The maximum Gasteiger partial charge on any atom is 0.0984 e. The van der Waals surface area contributed by atoms with Crippen molar-refractivity contribution in [2.24, 2.45) is 4.36 Å². The zero-order valence-corrected chi connectivity index (χ0v) is 15.4. The molecule has 3 atom stereocenters. The van der Waals surface area contributed by atoms with Gasteiger partial charge in [0.05, 0.1) is 21.1 Å². The summed E-state index contributed by atoms with van der Waals surface area (Å²) in [6.07, 6.45) is 5.37. The molecular formula is C21H25NO2S. The van der Waals surface area contributed by atoms with Crippen molar-refractivity contribution in [3.63, 3.8) is 0 Å². The maximum absolute atomic E-state index is 14.0. The third-order valence-corrected chi connectivity index (χ3v) is 7.55. The van der Waals surface area contributed by atoms with Crippen molar-refractivity contribution in [3.8, 4) is 0 Å². The van der Waals surface area contributed by atoms with Gasteiger partial charge in [0.15, 0.2) is 0 Å². The third-order valence-electron chi connectivity index (χ3n) is 4.82. The number of benzene rings is 2. The Labute approximate surface area is 150 Å². The minimum absolute atomic E-state index is 0.525. The summed E-state index contributed by atoms with van der Waals surface area (Å²) < 4.78 is 18.3. The van der Waals surface area contributed by atoms with E-state index in [9.17, 15) is 9.32 Å². The standard InChI is InChI=1S/C21H25NO2S/c1-22-25(24,19-15-9-4-10-16-19)21(18-13-7-3-8-14-18)20(23)17-11-5-2-6-12-17/h2,4-6,9-13,15-16,20-21,23H,3,7-8,14H2,1H3/t20-,21?,25-/m1/s1. The lowest BCUT2D eigenvalue weighted by molar-refractivity contribution is 0.180. The highest BCUT2D eigenvalue weighted by Gasteiger charge is 2.35. The van der Waals surface area contributed by atoms with E-state index in [0.29, 0.717) is 4.90 Å². The minimum atomic E-state index is -2.79. The number of hydrogen-bond donors (Lipinski definition) is 1. The van der Waals surface area contributed by atoms with Crippen LogP contribution in [0.3, 0.4) is 0 Å². The van der Waals surface area contributed by atoms with E-state index in [0.717, 1.165) is 36.8 Å². The second-order valence-corrected chi connectivity index (χ2v) is 8.85. The molecule has 0 amide bonds. The van der Waals surface area contributed by atoms with Crippen molar-refractivity contribution in [2.75, 3.05) is 7.05 Å². The quantitative estimate of drug-likeness (QED) is 0.787. The van der Waals surface area contributed by atoms with Gasteiger partial charge in [-0.15, -0.1) is 0 Å². The average molecular weight is 356 g/mol. The van der Waals surface area contributed by atoms with Crippen LogP contribution in [0.2, 0.25) is 0 Å². The van der Waals surface area contributed by atoms with Crippen molar-refractivity contribution in [3.05, 3.63) is 77.9 Å². The molecule has 0 bridgehead atoms. The second-order valence-electron chi connectivity index (χ2n) is 6.37. The molecule has 3 nitrogen and oxygen atoms in total. The SMILES string of the molecule is CN=[S@@](=O)(c1ccccc1)C(C1=CCCCC1)[C@H](O)c1ccccc1. The molecule has 132 valence electrons. The number of aliphatic hydroxyl groups is 1. The summed E-state index contributed by atoms with van der Waals surface area (Å²) >= 11 is 0. The first kappa shape index (κ1) is 17.9. The van der Waals surface area contributed by atoms with Crippen LogP contribution in [0.4, 0.5) is 0 Å². The third kappa shape index (κ3) is 3.70. The lowest BCUT2D eigenvalue weighted by Gasteiger charge is -2.30. The molecule has 1 N–H and O–H groups in total. The van der Waals surface area contributed by atoms with Crippen molar-refractivity contribution >= 4 is 9.73 Å². The van der Waals surface area contributed by atoms with Crippen molar-refractivity contribution in [2.45, 2.75) is 41.9 Å². The fourth-order valence-electron chi connectivity index (χ4n) is 3.51. The molecule has 25 heavy (non-hydrogen) atoms. The van der Waals surface area contributed by atoms with E-state index in [-0.39, 0.29) is 0 Å². The summed E-state index contributed by atoms with van der Waals surface area (Å²) in [6.45, 7) is 0. The molecule has 2 aromatic rings. The van der Waals surface area contributed by atoms with Gasteiger partial charge in [0.1, 0.15) is 0 Å². The Morgan fingerprint density at radius 2 is 1.64 bits per heavy atom. The predicted molar refractivity (Wildman–Crippen MR) is 103 cm³/mol. The average Bonchev–Trinajstić information content (AvgIpc) is 2.70. The molecule has 4 heteroatoms. The molecule has 3 rings (SSSR count). The van der Waals surface area contributed by atoms with Gasteiger partial charge in [0, 0.05) is 11.9 Å². The summed E-state index contributed by atoms with van der Waals surface area (Å²) in [7, 11) is -1.19. The molecule has 1 aliphatic rings. The van der Waals surface area contributed by atoms with E-state index in [1.807, 2.05) is 60.7 Å². The van der Waals surface area contributed by atoms with Gasteiger partial charge in [-0.25, -0.2) is 8.57 Å². The zero-order valence-electron chi connectivity index (χ0n) is 14.5. The summed E-state index contributed by atoms with van der Waals surface area (Å²) in [5.41, 5.74) is 1.85. The van der Waals surface area contributed by atoms with E-state index in [4.69, 9.17) is 0 Å². The second kappa shape index (κ2) is 7.98. The van der Waals surface area contributed by atoms with Gasteiger partial charge in [-0.3, -0.25) is 0 Å². The van der Waals surface area contributed by atoms with Crippen molar-refractivity contribution in [1.29, 1.82) is 0 Å². The van der Waals surface area contributed by atoms with Crippen LogP contribution in [0.5, 0.6) is 0 Å². The van der Waals surface area contributed by atoms with Gasteiger partial charge in [0.25, 0.3) is 0 Å². The van der Waals surface area contributed by atoms with Gasteiger partial charge in [-0.2, -0.15) is 0 Å². The molecule has 1 unspecified atom stereocenters. The molecule has 0 heterocycles. The number of nitrogens with zero attached hydrogens (tertiary/aromatic N) is 1. The smallest absolute Gasteiger partial charge is 0.0984 e. The number of aliphatic hydroxyl groups excluding tert-OH is 1. The van der Waals surface area contributed by atoms with E-state index < -0.39 is 21.1 Å². The lowest BCUT2D eigenvalue weighted by Crippen LogP contribution is -2.31. The number of allylic oxidation sites excluding steroid dienone is 1. The molecule has 0 saturated carbocycles. The Morgan fingerprint density at radius 1 is 1.00 bits per heavy atom. The van der Waals surface area contributed by atoms with Crippen LogP contribution < -0.4 is 0 Å². The van der Waals surface area contributed by atoms with Gasteiger partial charge in [-0.1, -0.05) is 60.2 Å². The monoisotopic (exact) mass is 355 g/mol. The minimum Gasteiger partial charge on any atom is -0.387 e. The van der Waals surface area contributed by atoms with E-state index in [2.05, 4.69) is 10.4 Å². The van der Waals surface area contributed by atoms with Gasteiger partial charge in [-0.05, 0) is 43.4 Å². The summed E-state index contributed by atoms with van der Waals surface area (Å²) in [5.74, 6) is 0. The molecule has 0 aromatic heterocycles. The normalized spacial score (nSPS) is 19.4. The molecule has 2 aromatic carbocycles. The zero-order chi connectivity index (χ0) is 17.7.